The molecule has 0 heterocycles. The normalized spacial score (nSPS) is 12.2. The van der Waals surface area contributed by atoms with Gasteiger partial charge in [-0.25, -0.2) is 8.42 Å². The van der Waals surface area contributed by atoms with E-state index in [1.165, 1.54) is 0 Å². The molecule has 0 aliphatic heterocycles. The molecule has 0 fully saturated rings. The molecule has 0 bridgehead atoms. The van der Waals surface area contributed by atoms with Crippen molar-refractivity contribution in [3.8, 4) is 0 Å². The summed E-state index contributed by atoms with van der Waals surface area (Å²) in [5.74, 6) is -0.376. The first-order chi connectivity index (χ1) is 14.8. The zero-order chi connectivity index (χ0) is 22.4. The number of aryl methyl sites for hydroxylation is 2. The smallest absolute Gasteiger partial charge is 0.241 e. The van der Waals surface area contributed by atoms with Gasteiger partial charge in [-0.05, 0) is 42.2 Å². The fourth-order valence-electron chi connectivity index (χ4n) is 3.40. The highest BCUT2D eigenvalue weighted by molar-refractivity contribution is 7.92. The summed E-state index contributed by atoms with van der Waals surface area (Å²) in [5, 5.41) is 3.02. The zero-order valence-electron chi connectivity index (χ0n) is 18.1. The molecule has 0 saturated heterocycles. The molecule has 0 aliphatic carbocycles. The van der Waals surface area contributed by atoms with E-state index in [-0.39, 0.29) is 18.5 Å². The van der Waals surface area contributed by atoms with Gasteiger partial charge in [-0.2, -0.15) is 0 Å². The van der Waals surface area contributed by atoms with Crippen LogP contribution in [0, 0.1) is 6.92 Å². The number of amides is 1. The van der Waals surface area contributed by atoms with Crippen LogP contribution in [0.15, 0.2) is 78.9 Å². The molecule has 0 aromatic heterocycles. The van der Waals surface area contributed by atoms with Crippen LogP contribution in [0.2, 0.25) is 0 Å². The Hall–Kier alpha value is -3.12. The molecule has 0 radical (unpaired) electrons. The molecule has 3 rings (SSSR count). The van der Waals surface area contributed by atoms with Crippen molar-refractivity contribution >= 4 is 21.6 Å². The Morgan fingerprint density at radius 2 is 1.48 bits per heavy atom. The van der Waals surface area contributed by atoms with E-state index >= 15 is 0 Å². The number of carbonyl (C=O) groups excluding carboxylic acids is 1. The van der Waals surface area contributed by atoms with Crippen LogP contribution in [0.25, 0.3) is 0 Å². The first-order valence-corrected chi connectivity index (χ1v) is 12.1. The topological polar surface area (TPSA) is 66.5 Å². The Bertz CT molecular complexity index is 1110. The highest BCUT2D eigenvalue weighted by atomic mass is 32.2. The molecule has 3 aromatic rings. The highest BCUT2D eigenvalue weighted by Gasteiger charge is 2.23. The van der Waals surface area contributed by atoms with Crippen molar-refractivity contribution in [3.63, 3.8) is 0 Å². The lowest BCUT2D eigenvalue weighted by Gasteiger charge is -2.25. The monoisotopic (exact) mass is 436 g/mol. The van der Waals surface area contributed by atoms with Crippen molar-refractivity contribution in [2.24, 2.45) is 0 Å². The Morgan fingerprint density at radius 3 is 2.03 bits per heavy atom. The summed E-state index contributed by atoms with van der Waals surface area (Å²) >= 11 is 0. The fourth-order valence-corrected chi connectivity index (χ4v) is 4.25. The van der Waals surface area contributed by atoms with Crippen LogP contribution in [-0.2, 0) is 21.2 Å². The highest BCUT2D eigenvalue weighted by Crippen LogP contribution is 2.23. The van der Waals surface area contributed by atoms with E-state index in [0.29, 0.717) is 5.69 Å². The molecule has 162 valence electrons. The predicted octanol–water partition coefficient (Wildman–Crippen LogP) is 4.23. The van der Waals surface area contributed by atoms with Crippen molar-refractivity contribution in [1.29, 1.82) is 0 Å². The van der Waals surface area contributed by atoms with Crippen LogP contribution in [0.1, 0.15) is 35.2 Å². The molecule has 0 saturated carbocycles. The van der Waals surface area contributed by atoms with Crippen molar-refractivity contribution in [3.05, 3.63) is 101 Å². The predicted molar refractivity (Wildman–Crippen MR) is 126 cm³/mol. The maximum absolute atomic E-state index is 13.0. The van der Waals surface area contributed by atoms with Crippen LogP contribution < -0.4 is 9.62 Å². The largest absolute Gasteiger partial charge is 0.344 e. The standard InChI is InChI=1S/C25H28N2O3S/c1-4-20-12-16-23(17-13-20)27(31(3,29)30)18-24(28)26-25(21-8-6-5-7-9-21)22-14-10-19(2)11-15-22/h5-17,25H,4,18H2,1-3H3,(H,26,28)/t25-/m0/s1. The van der Waals surface area contributed by atoms with E-state index in [1.54, 1.807) is 12.1 Å². The molecular formula is C25H28N2O3S. The minimum Gasteiger partial charge on any atom is -0.344 e. The third-order valence-corrected chi connectivity index (χ3v) is 6.31. The molecule has 0 spiro atoms. The van der Waals surface area contributed by atoms with Gasteiger partial charge in [0.15, 0.2) is 0 Å². The molecule has 1 amide bonds. The molecule has 1 atom stereocenters. The Morgan fingerprint density at radius 1 is 0.903 bits per heavy atom. The lowest BCUT2D eigenvalue weighted by Crippen LogP contribution is -2.41. The zero-order valence-corrected chi connectivity index (χ0v) is 18.9. The Kier molecular flexibility index (Phi) is 7.13. The van der Waals surface area contributed by atoms with E-state index in [9.17, 15) is 13.2 Å². The first kappa shape index (κ1) is 22.6. The average molecular weight is 437 g/mol. The van der Waals surface area contributed by atoms with Gasteiger partial charge in [-0.3, -0.25) is 9.10 Å². The quantitative estimate of drug-likeness (QED) is 0.575. The number of rotatable bonds is 8. The molecule has 3 aromatic carbocycles. The summed E-state index contributed by atoms with van der Waals surface area (Å²) in [4.78, 5) is 13.0. The summed E-state index contributed by atoms with van der Waals surface area (Å²) in [6.07, 6.45) is 1.97. The van der Waals surface area contributed by atoms with Crippen molar-refractivity contribution in [2.75, 3.05) is 17.1 Å². The second-order valence-electron chi connectivity index (χ2n) is 7.61. The minimum absolute atomic E-state index is 0.292. The number of anilines is 1. The van der Waals surface area contributed by atoms with Crippen LogP contribution in [0.5, 0.6) is 0 Å². The molecule has 5 nitrogen and oxygen atoms in total. The molecule has 0 aliphatic rings. The van der Waals surface area contributed by atoms with Gasteiger partial charge in [0.1, 0.15) is 6.54 Å². The lowest BCUT2D eigenvalue weighted by molar-refractivity contribution is -0.120. The van der Waals surface area contributed by atoms with Gasteiger partial charge in [0.05, 0.1) is 18.0 Å². The number of hydrogen-bond donors (Lipinski definition) is 1. The molecule has 0 unspecified atom stereocenters. The fraction of sp³-hybridized carbons (Fsp3) is 0.240. The number of carbonyl (C=O) groups is 1. The third-order valence-electron chi connectivity index (χ3n) is 5.17. The van der Waals surface area contributed by atoms with Gasteiger partial charge in [0, 0.05) is 0 Å². The van der Waals surface area contributed by atoms with Gasteiger partial charge in [0.25, 0.3) is 0 Å². The van der Waals surface area contributed by atoms with Crippen molar-refractivity contribution in [2.45, 2.75) is 26.3 Å². The average Bonchev–Trinajstić information content (AvgIpc) is 2.76. The first-order valence-electron chi connectivity index (χ1n) is 10.3. The molecule has 6 heteroatoms. The number of nitrogens with zero attached hydrogens (tertiary/aromatic N) is 1. The molecule has 1 N–H and O–H groups in total. The van der Waals surface area contributed by atoms with Crippen LogP contribution in [-0.4, -0.2) is 27.1 Å². The number of sulfonamides is 1. The summed E-state index contributed by atoms with van der Waals surface area (Å²) in [7, 11) is -3.63. The minimum atomic E-state index is -3.63. The number of nitrogens with one attached hydrogen (secondary N) is 1. The van der Waals surface area contributed by atoms with E-state index in [0.717, 1.165) is 39.2 Å². The summed E-state index contributed by atoms with van der Waals surface area (Å²) in [6, 6.07) is 24.5. The van der Waals surface area contributed by atoms with Crippen LogP contribution in [0.3, 0.4) is 0 Å². The number of benzene rings is 3. The maximum atomic E-state index is 13.0. The SMILES string of the molecule is CCc1ccc(N(CC(=O)N[C@@H](c2ccccc2)c2ccc(C)cc2)S(C)(=O)=O)cc1. The van der Waals surface area contributed by atoms with Gasteiger partial charge in [-0.15, -0.1) is 0 Å². The van der Waals surface area contributed by atoms with Gasteiger partial charge < -0.3 is 5.32 Å². The number of hydrogen-bond acceptors (Lipinski definition) is 3. The summed E-state index contributed by atoms with van der Waals surface area (Å²) in [5.41, 5.74) is 4.56. The third kappa shape index (κ3) is 5.95. The van der Waals surface area contributed by atoms with Crippen molar-refractivity contribution < 1.29 is 13.2 Å². The second-order valence-corrected chi connectivity index (χ2v) is 9.52. The maximum Gasteiger partial charge on any atom is 0.241 e. The van der Waals surface area contributed by atoms with E-state index in [2.05, 4.69) is 5.32 Å². The van der Waals surface area contributed by atoms with Crippen molar-refractivity contribution in [1.82, 2.24) is 5.32 Å². The molecule has 31 heavy (non-hydrogen) atoms. The van der Waals surface area contributed by atoms with Crippen LogP contribution >= 0.6 is 0 Å². The molecular weight excluding hydrogens is 408 g/mol. The van der Waals surface area contributed by atoms with Gasteiger partial charge in [-0.1, -0.05) is 79.2 Å². The summed E-state index contributed by atoms with van der Waals surface area (Å²) < 4.78 is 26.0. The Balaban J connectivity index is 1.86. The van der Waals surface area contributed by atoms with E-state index in [1.807, 2.05) is 80.6 Å². The lowest BCUT2D eigenvalue weighted by atomic mass is 9.98. The Labute approximate surface area is 184 Å². The summed E-state index contributed by atoms with van der Waals surface area (Å²) in [6.45, 7) is 3.75. The van der Waals surface area contributed by atoms with Gasteiger partial charge in [0.2, 0.25) is 15.9 Å². The van der Waals surface area contributed by atoms with Gasteiger partial charge >= 0.3 is 0 Å². The van der Waals surface area contributed by atoms with E-state index in [4.69, 9.17) is 0 Å². The van der Waals surface area contributed by atoms with E-state index < -0.39 is 10.0 Å². The van der Waals surface area contributed by atoms with Crippen LogP contribution in [0.4, 0.5) is 5.69 Å². The second kappa shape index (κ2) is 9.79.